The van der Waals surface area contributed by atoms with Crippen molar-refractivity contribution >= 4 is 21.6 Å². The van der Waals surface area contributed by atoms with Gasteiger partial charge in [0.25, 0.3) is 10.0 Å². The van der Waals surface area contributed by atoms with Crippen molar-refractivity contribution in [3.05, 3.63) is 84.3 Å². The Morgan fingerprint density at radius 3 is 2.19 bits per heavy atom. The molecule has 10 heteroatoms. The minimum atomic E-state index is -4.67. The number of furan rings is 1. The number of carbonyl (C=O) groups is 1. The lowest BCUT2D eigenvalue weighted by Gasteiger charge is -2.28. The van der Waals surface area contributed by atoms with Crippen LogP contribution in [0.3, 0.4) is 0 Å². The van der Waals surface area contributed by atoms with Gasteiger partial charge >= 0.3 is 6.18 Å². The summed E-state index contributed by atoms with van der Waals surface area (Å²) in [5.41, 5.74) is 0.993. The summed E-state index contributed by atoms with van der Waals surface area (Å²) in [4.78, 5) is 13.4. The van der Waals surface area contributed by atoms with Gasteiger partial charge in [0.05, 0.1) is 23.4 Å². The number of carbonyl (C=O) groups excluding carboxylic acids is 1. The average molecular weight is 466 g/mol. The first-order valence-corrected chi connectivity index (χ1v) is 11.0. The van der Waals surface area contributed by atoms with Crippen molar-refractivity contribution in [2.75, 3.05) is 17.4 Å². The molecule has 170 valence electrons. The van der Waals surface area contributed by atoms with Crippen LogP contribution in [-0.4, -0.2) is 38.5 Å². The van der Waals surface area contributed by atoms with E-state index < -0.39 is 41.7 Å². The van der Waals surface area contributed by atoms with Crippen molar-refractivity contribution < 1.29 is 30.8 Å². The van der Waals surface area contributed by atoms with E-state index in [9.17, 15) is 26.4 Å². The van der Waals surface area contributed by atoms with Crippen LogP contribution in [0.1, 0.15) is 11.3 Å². The van der Waals surface area contributed by atoms with Crippen LogP contribution in [0, 0.1) is 6.92 Å². The summed E-state index contributed by atoms with van der Waals surface area (Å²) >= 11 is 0. The number of aryl methyl sites for hydroxylation is 1. The molecule has 0 saturated heterocycles. The number of sulfonamides is 1. The highest BCUT2D eigenvalue weighted by Crippen LogP contribution is 2.25. The highest BCUT2D eigenvalue weighted by atomic mass is 32.2. The third-order valence-corrected chi connectivity index (χ3v) is 6.37. The van der Waals surface area contributed by atoms with Gasteiger partial charge < -0.3 is 9.32 Å². The minimum absolute atomic E-state index is 0.0758. The molecule has 0 atom stereocenters. The summed E-state index contributed by atoms with van der Waals surface area (Å²) < 4.78 is 71.9. The van der Waals surface area contributed by atoms with Gasteiger partial charge in [-0.1, -0.05) is 35.9 Å². The van der Waals surface area contributed by atoms with E-state index >= 15 is 0 Å². The van der Waals surface area contributed by atoms with Crippen molar-refractivity contribution in [3.8, 4) is 0 Å². The maximum atomic E-state index is 13.3. The Morgan fingerprint density at radius 2 is 1.62 bits per heavy atom. The second-order valence-corrected chi connectivity index (χ2v) is 8.97. The Labute approximate surface area is 183 Å². The number of amides is 1. The van der Waals surface area contributed by atoms with Gasteiger partial charge in [-0.15, -0.1) is 0 Å². The monoisotopic (exact) mass is 466 g/mol. The van der Waals surface area contributed by atoms with Crippen LogP contribution in [0.2, 0.25) is 0 Å². The van der Waals surface area contributed by atoms with Gasteiger partial charge in [-0.25, -0.2) is 8.42 Å². The fraction of sp³-hybridized carbons (Fsp3) is 0.227. The van der Waals surface area contributed by atoms with E-state index in [1.165, 1.54) is 42.7 Å². The maximum absolute atomic E-state index is 13.3. The molecule has 0 aliphatic carbocycles. The number of alkyl halides is 3. The molecular formula is C22H21F3N2O4S. The molecule has 3 rings (SSSR count). The van der Waals surface area contributed by atoms with Crippen molar-refractivity contribution in [2.45, 2.75) is 24.5 Å². The van der Waals surface area contributed by atoms with E-state index in [4.69, 9.17) is 4.42 Å². The second-order valence-electron chi connectivity index (χ2n) is 7.10. The van der Waals surface area contributed by atoms with Gasteiger partial charge in [-0.3, -0.25) is 9.10 Å². The number of benzene rings is 2. The zero-order valence-corrected chi connectivity index (χ0v) is 17.9. The molecule has 0 aliphatic rings. The molecule has 0 saturated carbocycles. The molecular weight excluding hydrogens is 445 g/mol. The van der Waals surface area contributed by atoms with Crippen molar-refractivity contribution in [1.82, 2.24) is 4.90 Å². The fourth-order valence-electron chi connectivity index (χ4n) is 3.01. The lowest BCUT2D eigenvalue weighted by Crippen LogP contribution is -2.45. The van der Waals surface area contributed by atoms with E-state index in [0.29, 0.717) is 4.90 Å². The molecule has 0 radical (unpaired) electrons. The van der Waals surface area contributed by atoms with Crippen LogP contribution in [0.5, 0.6) is 0 Å². The number of para-hydroxylation sites is 1. The molecule has 0 spiro atoms. The van der Waals surface area contributed by atoms with Crippen molar-refractivity contribution in [1.29, 1.82) is 0 Å². The predicted octanol–water partition coefficient (Wildman–Crippen LogP) is 4.37. The van der Waals surface area contributed by atoms with Crippen LogP contribution in [0.25, 0.3) is 0 Å². The molecule has 6 nitrogen and oxygen atoms in total. The zero-order chi connectivity index (χ0) is 23.4. The smallest absolute Gasteiger partial charge is 0.406 e. The van der Waals surface area contributed by atoms with Crippen LogP contribution >= 0.6 is 0 Å². The van der Waals surface area contributed by atoms with Gasteiger partial charge in [0.15, 0.2) is 0 Å². The summed E-state index contributed by atoms with van der Waals surface area (Å²) in [6.45, 7) is -1.01. The quantitative estimate of drug-likeness (QED) is 0.494. The number of hydrogen-bond acceptors (Lipinski definition) is 4. The molecule has 0 bridgehead atoms. The van der Waals surface area contributed by atoms with Gasteiger partial charge in [0, 0.05) is 0 Å². The third kappa shape index (κ3) is 5.91. The molecule has 0 unspecified atom stereocenters. The van der Waals surface area contributed by atoms with E-state index in [2.05, 4.69) is 0 Å². The number of hydrogen-bond donors (Lipinski definition) is 0. The third-order valence-electron chi connectivity index (χ3n) is 4.58. The Balaban J connectivity index is 1.95. The summed E-state index contributed by atoms with van der Waals surface area (Å²) in [6.07, 6.45) is -3.39. The van der Waals surface area contributed by atoms with Crippen LogP contribution in [0.15, 0.2) is 82.3 Å². The first kappa shape index (κ1) is 23.4. The first-order chi connectivity index (χ1) is 15.1. The van der Waals surface area contributed by atoms with Crippen LogP contribution < -0.4 is 4.31 Å². The first-order valence-electron chi connectivity index (χ1n) is 9.57. The van der Waals surface area contributed by atoms with Crippen molar-refractivity contribution in [2.24, 2.45) is 0 Å². The van der Waals surface area contributed by atoms with E-state index in [0.717, 1.165) is 9.87 Å². The minimum Gasteiger partial charge on any atom is -0.467 e. The van der Waals surface area contributed by atoms with E-state index in [1.807, 2.05) is 0 Å². The molecule has 0 aliphatic heterocycles. The van der Waals surface area contributed by atoms with E-state index in [-0.39, 0.29) is 16.3 Å². The number of anilines is 1. The fourth-order valence-corrected chi connectivity index (χ4v) is 4.42. The number of halogens is 3. The normalized spacial score (nSPS) is 11.9. The molecule has 1 aromatic heterocycles. The van der Waals surface area contributed by atoms with Gasteiger partial charge in [-0.05, 0) is 43.3 Å². The number of nitrogens with zero attached hydrogens (tertiary/aromatic N) is 2. The molecule has 3 aromatic rings. The van der Waals surface area contributed by atoms with Gasteiger partial charge in [0.2, 0.25) is 5.91 Å². The average Bonchev–Trinajstić information content (AvgIpc) is 3.24. The zero-order valence-electron chi connectivity index (χ0n) is 17.1. The SMILES string of the molecule is Cc1ccc(S(=O)(=O)N(CC(=O)N(Cc2ccco2)CC(F)(F)F)c2ccccc2)cc1. The van der Waals surface area contributed by atoms with Crippen LogP contribution in [-0.2, 0) is 21.4 Å². The summed E-state index contributed by atoms with van der Waals surface area (Å²) in [5, 5.41) is 0. The lowest BCUT2D eigenvalue weighted by molar-refractivity contribution is -0.161. The molecule has 1 amide bonds. The number of rotatable bonds is 8. The second kappa shape index (κ2) is 9.47. The summed E-state index contributed by atoms with van der Waals surface area (Å²) in [7, 11) is -4.22. The Hall–Kier alpha value is -3.27. The topological polar surface area (TPSA) is 70.8 Å². The predicted molar refractivity (Wildman–Crippen MR) is 112 cm³/mol. The highest BCUT2D eigenvalue weighted by Gasteiger charge is 2.35. The standard InChI is InChI=1S/C22H21F3N2O4S/c1-17-9-11-20(12-10-17)32(29,30)27(18-6-3-2-4-7-18)15-21(28)26(16-22(23,24)25)14-19-8-5-13-31-19/h2-13H,14-16H2,1H3. The van der Waals surface area contributed by atoms with Crippen molar-refractivity contribution in [3.63, 3.8) is 0 Å². The summed E-state index contributed by atoms with van der Waals surface area (Å²) in [5.74, 6) is -0.867. The molecule has 0 fully saturated rings. The summed E-state index contributed by atoms with van der Waals surface area (Å²) in [6, 6.07) is 16.7. The molecule has 1 heterocycles. The van der Waals surface area contributed by atoms with Gasteiger partial charge in [-0.2, -0.15) is 13.2 Å². The lowest BCUT2D eigenvalue weighted by atomic mass is 10.2. The van der Waals surface area contributed by atoms with Crippen LogP contribution in [0.4, 0.5) is 18.9 Å². The molecule has 0 N–H and O–H groups in total. The van der Waals surface area contributed by atoms with Gasteiger partial charge in [0.1, 0.15) is 18.8 Å². The Kier molecular flexibility index (Phi) is 6.93. The Bertz CT molecular complexity index is 1130. The maximum Gasteiger partial charge on any atom is 0.406 e. The highest BCUT2D eigenvalue weighted by molar-refractivity contribution is 7.92. The Morgan fingerprint density at radius 1 is 0.969 bits per heavy atom. The molecule has 32 heavy (non-hydrogen) atoms. The molecule has 2 aromatic carbocycles. The van der Waals surface area contributed by atoms with E-state index in [1.54, 1.807) is 37.3 Å². The largest absolute Gasteiger partial charge is 0.467 e.